The average molecular weight is 385 g/mol. The molecule has 20 heavy (non-hydrogen) atoms. The molecule has 0 aliphatic carbocycles. The summed E-state index contributed by atoms with van der Waals surface area (Å²) in [6.45, 7) is 2.83. The van der Waals surface area contributed by atoms with Gasteiger partial charge in [-0.3, -0.25) is 0 Å². The van der Waals surface area contributed by atoms with Crippen LogP contribution in [0.15, 0.2) is 40.8 Å². The molecule has 0 aliphatic rings. The highest BCUT2D eigenvalue weighted by Crippen LogP contribution is 2.27. The minimum absolute atomic E-state index is 0.0773. The molecule has 1 aromatic heterocycles. The molecule has 4 nitrogen and oxygen atoms in total. The van der Waals surface area contributed by atoms with Crippen molar-refractivity contribution in [1.82, 2.24) is 5.32 Å². The van der Waals surface area contributed by atoms with Crippen LogP contribution in [0.3, 0.4) is 0 Å². The van der Waals surface area contributed by atoms with Crippen LogP contribution in [0.25, 0.3) is 0 Å². The number of nitrogens with one attached hydrogen (secondary N) is 1. The number of hydrogen-bond donors (Lipinski definition) is 1. The highest BCUT2D eigenvalue weighted by molar-refractivity contribution is 14.1. The summed E-state index contributed by atoms with van der Waals surface area (Å²) in [6.07, 6.45) is 0. The minimum atomic E-state index is -0.464. The van der Waals surface area contributed by atoms with Crippen molar-refractivity contribution in [2.75, 3.05) is 13.7 Å². The van der Waals surface area contributed by atoms with E-state index in [-0.39, 0.29) is 11.8 Å². The third-order valence-corrected chi connectivity index (χ3v) is 3.90. The number of furan rings is 1. The van der Waals surface area contributed by atoms with Crippen molar-refractivity contribution < 1.29 is 13.9 Å². The first-order chi connectivity index (χ1) is 9.67. The normalized spacial score (nSPS) is 12.2. The molecular weight excluding hydrogens is 369 g/mol. The molecule has 0 aliphatic heterocycles. The van der Waals surface area contributed by atoms with Crippen LogP contribution < -0.4 is 5.32 Å². The van der Waals surface area contributed by atoms with Gasteiger partial charge >= 0.3 is 5.97 Å². The smallest absolute Gasteiger partial charge is 0.373 e. The minimum Gasteiger partial charge on any atom is -0.463 e. The van der Waals surface area contributed by atoms with E-state index < -0.39 is 5.97 Å². The van der Waals surface area contributed by atoms with Gasteiger partial charge in [-0.1, -0.05) is 25.1 Å². The van der Waals surface area contributed by atoms with Gasteiger partial charge in [-0.15, -0.1) is 0 Å². The van der Waals surface area contributed by atoms with E-state index in [0.717, 1.165) is 15.7 Å². The number of hydrogen-bond acceptors (Lipinski definition) is 4. The Balaban J connectivity index is 2.36. The van der Waals surface area contributed by atoms with E-state index in [1.165, 1.54) is 7.11 Å². The number of carbonyl (C=O) groups is 1. The van der Waals surface area contributed by atoms with Gasteiger partial charge in [-0.05, 0) is 52.9 Å². The molecule has 0 radical (unpaired) electrons. The van der Waals surface area contributed by atoms with Crippen molar-refractivity contribution in [2.45, 2.75) is 13.0 Å². The fourth-order valence-corrected chi connectivity index (χ4v) is 2.69. The molecule has 1 aromatic carbocycles. The predicted molar refractivity (Wildman–Crippen MR) is 84.7 cm³/mol. The predicted octanol–water partition coefficient (Wildman–Crippen LogP) is 3.37. The van der Waals surface area contributed by atoms with Gasteiger partial charge < -0.3 is 14.5 Å². The third kappa shape index (κ3) is 3.21. The number of halogens is 1. The second-order valence-electron chi connectivity index (χ2n) is 4.21. The van der Waals surface area contributed by atoms with Gasteiger partial charge in [0.1, 0.15) is 5.76 Å². The van der Waals surface area contributed by atoms with Crippen molar-refractivity contribution >= 4 is 28.6 Å². The highest BCUT2D eigenvalue weighted by atomic mass is 127. The molecule has 1 atom stereocenters. The van der Waals surface area contributed by atoms with E-state index >= 15 is 0 Å². The summed E-state index contributed by atoms with van der Waals surface area (Å²) < 4.78 is 11.4. The van der Waals surface area contributed by atoms with E-state index in [2.05, 4.69) is 38.7 Å². The molecule has 0 amide bonds. The summed E-state index contributed by atoms with van der Waals surface area (Å²) in [5, 5.41) is 3.38. The summed E-state index contributed by atoms with van der Waals surface area (Å²) in [5.74, 6) is 0.460. The quantitative estimate of drug-likeness (QED) is 0.634. The van der Waals surface area contributed by atoms with Crippen molar-refractivity contribution in [2.24, 2.45) is 0 Å². The number of benzene rings is 1. The maximum Gasteiger partial charge on any atom is 0.373 e. The summed E-state index contributed by atoms with van der Waals surface area (Å²) in [4.78, 5) is 11.5. The number of carbonyl (C=O) groups excluding carboxylic acids is 1. The molecule has 0 saturated carbocycles. The number of rotatable bonds is 5. The lowest BCUT2D eigenvalue weighted by Crippen LogP contribution is -2.22. The van der Waals surface area contributed by atoms with Crippen molar-refractivity contribution in [3.05, 3.63) is 57.1 Å². The molecule has 2 aromatic rings. The van der Waals surface area contributed by atoms with Gasteiger partial charge in [0.25, 0.3) is 0 Å². The fourth-order valence-electron chi connectivity index (χ4n) is 2.00. The Morgan fingerprint density at radius 2 is 2.10 bits per heavy atom. The third-order valence-electron chi connectivity index (χ3n) is 2.92. The largest absolute Gasteiger partial charge is 0.463 e. The Hall–Kier alpha value is -1.34. The van der Waals surface area contributed by atoms with Crippen LogP contribution in [0.1, 0.15) is 34.8 Å². The van der Waals surface area contributed by atoms with Crippen molar-refractivity contribution in [1.29, 1.82) is 0 Å². The summed E-state index contributed by atoms with van der Waals surface area (Å²) in [5.41, 5.74) is 1.13. The zero-order chi connectivity index (χ0) is 14.5. The molecule has 1 N–H and O–H groups in total. The van der Waals surface area contributed by atoms with Crippen molar-refractivity contribution in [3.8, 4) is 0 Å². The van der Waals surface area contributed by atoms with Crippen LogP contribution >= 0.6 is 22.6 Å². The zero-order valence-electron chi connectivity index (χ0n) is 11.4. The standard InChI is InChI=1S/C15H16INO3/c1-3-17-14(10-6-4-5-7-11(10)16)12-8-9-13(20-12)15(18)19-2/h4-9,14,17H,3H2,1-2H3. The Labute approximate surface area is 131 Å². The van der Waals surface area contributed by atoms with Gasteiger partial charge in [0.15, 0.2) is 0 Å². The SMILES string of the molecule is CCNC(c1ccc(C(=O)OC)o1)c1ccccc1I. The van der Waals surface area contributed by atoms with E-state index in [1.807, 2.05) is 31.2 Å². The molecule has 2 rings (SSSR count). The molecule has 1 unspecified atom stereocenters. The molecular formula is C15H16INO3. The lowest BCUT2D eigenvalue weighted by Gasteiger charge is -2.17. The van der Waals surface area contributed by atoms with Crippen molar-refractivity contribution in [3.63, 3.8) is 0 Å². The first-order valence-corrected chi connectivity index (χ1v) is 7.41. The highest BCUT2D eigenvalue weighted by Gasteiger charge is 2.21. The Kier molecular flexibility index (Phi) is 5.19. The molecule has 1 heterocycles. The van der Waals surface area contributed by atoms with Gasteiger partial charge in [0.05, 0.1) is 13.2 Å². The fraction of sp³-hybridized carbons (Fsp3) is 0.267. The second-order valence-corrected chi connectivity index (χ2v) is 5.37. The van der Waals surface area contributed by atoms with Crippen LogP contribution in [0.5, 0.6) is 0 Å². The van der Waals surface area contributed by atoms with Gasteiger partial charge in [-0.2, -0.15) is 0 Å². The molecule has 0 spiro atoms. The van der Waals surface area contributed by atoms with Crippen LogP contribution in [-0.2, 0) is 4.74 Å². The van der Waals surface area contributed by atoms with Gasteiger partial charge in [-0.25, -0.2) is 4.79 Å². The molecule has 0 fully saturated rings. The van der Waals surface area contributed by atoms with E-state index in [1.54, 1.807) is 6.07 Å². The topological polar surface area (TPSA) is 51.5 Å². The summed E-state index contributed by atoms with van der Waals surface area (Å²) in [7, 11) is 1.34. The van der Waals surface area contributed by atoms with Gasteiger partial charge in [0, 0.05) is 3.57 Å². The van der Waals surface area contributed by atoms with Crippen LogP contribution in [-0.4, -0.2) is 19.6 Å². The molecule has 106 valence electrons. The first kappa shape index (κ1) is 15.1. The molecule has 0 bridgehead atoms. The van der Waals surface area contributed by atoms with E-state index in [9.17, 15) is 4.79 Å². The Bertz CT molecular complexity index is 594. The van der Waals surface area contributed by atoms with Crippen LogP contribution in [0.2, 0.25) is 0 Å². The Morgan fingerprint density at radius 1 is 1.35 bits per heavy atom. The number of ether oxygens (including phenoxy) is 1. The molecule has 5 heteroatoms. The zero-order valence-corrected chi connectivity index (χ0v) is 13.5. The Morgan fingerprint density at radius 3 is 2.75 bits per heavy atom. The molecule has 0 saturated heterocycles. The van der Waals surface area contributed by atoms with Crippen LogP contribution in [0.4, 0.5) is 0 Å². The maximum atomic E-state index is 11.5. The second kappa shape index (κ2) is 6.90. The van der Waals surface area contributed by atoms with Crippen LogP contribution in [0, 0.1) is 3.57 Å². The monoisotopic (exact) mass is 385 g/mol. The lowest BCUT2D eigenvalue weighted by atomic mass is 10.0. The lowest BCUT2D eigenvalue weighted by molar-refractivity contribution is 0.0562. The van der Waals surface area contributed by atoms with Gasteiger partial charge in [0.2, 0.25) is 5.76 Å². The number of esters is 1. The first-order valence-electron chi connectivity index (χ1n) is 6.33. The van der Waals surface area contributed by atoms with E-state index in [0.29, 0.717) is 5.76 Å². The maximum absolute atomic E-state index is 11.5. The number of methoxy groups -OCH3 is 1. The summed E-state index contributed by atoms with van der Waals surface area (Å²) >= 11 is 2.30. The van der Waals surface area contributed by atoms with E-state index in [4.69, 9.17) is 4.42 Å². The summed E-state index contributed by atoms with van der Waals surface area (Å²) in [6, 6.07) is 11.5. The average Bonchev–Trinajstić information content (AvgIpc) is 2.94.